The lowest BCUT2D eigenvalue weighted by Crippen LogP contribution is -2.31. The number of ether oxygens (including phenoxy) is 1. The summed E-state index contributed by atoms with van der Waals surface area (Å²) in [5.41, 5.74) is 4.51. The third kappa shape index (κ3) is 3.48. The number of aromatic nitrogens is 2. The van der Waals surface area contributed by atoms with E-state index in [0.29, 0.717) is 26.7 Å². The third-order valence-electron chi connectivity index (χ3n) is 3.76. The summed E-state index contributed by atoms with van der Waals surface area (Å²) >= 11 is 1.09. The average Bonchev–Trinajstić information content (AvgIpc) is 3.02. The quantitative estimate of drug-likeness (QED) is 0.381. The van der Waals surface area contributed by atoms with Crippen LogP contribution in [0, 0.1) is 24.4 Å². The molecule has 28 heavy (non-hydrogen) atoms. The Morgan fingerprint density at radius 1 is 1.18 bits per heavy atom. The predicted octanol–water partition coefficient (Wildman–Crippen LogP) is 3.35. The molecule has 2 aromatic heterocycles. The number of carbonyl (C=O) groups excluding carboxylic acids is 2. The van der Waals surface area contributed by atoms with Crippen LogP contribution in [0.25, 0.3) is 10.2 Å². The Bertz CT molecular complexity index is 1090. The Labute approximate surface area is 160 Å². The topological polar surface area (TPSA) is 93.2 Å². The van der Waals surface area contributed by atoms with Crippen molar-refractivity contribution in [2.24, 2.45) is 0 Å². The first-order chi connectivity index (χ1) is 13.3. The molecule has 3 aromatic rings. The van der Waals surface area contributed by atoms with Gasteiger partial charge in [-0.25, -0.2) is 27.9 Å². The second kappa shape index (κ2) is 7.80. The van der Waals surface area contributed by atoms with Crippen LogP contribution in [0.2, 0.25) is 0 Å². The van der Waals surface area contributed by atoms with Gasteiger partial charge in [0.05, 0.1) is 17.6 Å². The van der Waals surface area contributed by atoms with Gasteiger partial charge in [0.2, 0.25) is 0 Å². The van der Waals surface area contributed by atoms with E-state index in [1.165, 1.54) is 6.33 Å². The summed E-state index contributed by atoms with van der Waals surface area (Å²) in [6.45, 7) is 3.55. The fourth-order valence-electron chi connectivity index (χ4n) is 2.44. The number of thiophene rings is 1. The van der Waals surface area contributed by atoms with Gasteiger partial charge >= 0.3 is 5.97 Å². The fraction of sp³-hybridized carbons (Fsp3) is 0.176. The van der Waals surface area contributed by atoms with E-state index in [9.17, 15) is 22.8 Å². The summed E-state index contributed by atoms with van der Waals surface area (Å²) in [5, 5.41) is 0.460. The largest absolute Gasteiger partial charge is 0.462 e. The first-order valence-electron chi connectivity index (χ1n) is 7.96. The maximum absolute atomic E-state index is 13.7. The van der Waals surface area contributed by atoms with E-state index in [1.807, 2.05) is 0 Å². The van der Waals surface area contributed by atoms with Crippen LogP contribution in [-0.2, 0) is 4.74 Å². The van der Waals surface area contributed by atoms with Crippen LogP contribution in [-0.4, -0.2) is 28.5 Å². The molecule has 1 aromatic carbocycles. The molecule has 0 radical (unpaired) electrons. The summed E-state index contributed by atoms with van der Waals surface area (Å²) in [4.78, 5) is 33.0. The van der Waals surface area contributed by atoms with E-state index in [0.717, 1.165) is 17.4 Å². The zero-order valence-electron chi connectivity index (χ0n) is 14.6. The zero-order chi connectivity index (χ0) is 20.4. The molecule has 146 valence electrons. The summed E-state index contributed by atoms with van der Waals surface area (Å²) in [6.07, 6.45) is 1.21. The lowest BCUT2D eigenvalue weighted by atomic mass is 10.2. The molecule has 0 saturated heterocycles. The van der Waals surface area contributed by atoms with Crippen LogP contribution in [0.4, 0.5) is 19.0 Å². The first kappa shape index (κ1) is 19.5. The molecule has 0 saturated carbocycles. The van der Waals surface area contributed by atoms with E-state index in [-0.39, 0.29) is 12.4 Å². The van der Waals surface area contributed by atoms with Crippen LogP contribution >= 0.6 is 11.3 Å². The lowest BCUT2D eigenvalue weighted by molar-refractivity contribution is 0.0531. The highest BCUT2D eigenvalue weighted by atomic mass is 32.1. The normalized spacial score (nSPS) is 10.8. The van der Waals surface area contributed by atoms with Crippen LogP contribution < -0.4 is 10.9 Å². The highest BCUT2D eigenvalue weighted by molar-refractivity contribution is 7.20. The number of hydrogen-bond donors (Lipinski definition) is 2. The summed E-state index contributed by atoms with van der Waals surface area (Å²) in [5.74, 6) is -6.16. The van der Waals surface area contributed by atoms with Gasteiger partial charge in [0, 0.05) is 0 Å². The molecule has 0 fully saturated rings. The smallest absolute Gasteiger partial charge is 0.348 e. The second-order valence-corrected chi connectivity index (χ2v) is 6.48. The van der Waals surface area contributed by atoms with Crippen molar-refractivity contribution in [3.05, 3.63) is 51.9 Å². The van der Waals surface area contributed by atoms with Gasteiger partial charge in [-0.2, -0.15) is 0 Å². The van der Waals surface area contributed by atoms with E-state index in [1.54, 1.807) is 13.8 Å². The number of amides is 1. The van der Waals surface area contributed by atoms with E-state index in [4.69, 9.17) is 4.74 Å². The van der Waals surface area contributed by atoms with Gasteiger partial charge in [0.25, 0.3) is 5.91 Å². The molecule has 7 nitrogen and oxygen atoms in total. The summed E-state index contributed by atoms with van der Waals surface area (Å²) in [6, 6.07) is 1.46. The molecule has 1 amide bonds. The minimum Gasteiger partial charge on any atom is -0.462 e. The number of nitrogens with zero attached hydrogens (tertiary/aromatic N) is 2. The maximum Gasteiger partial charge on any atom is 0.348 e. The monoisotopic (exact) mass is 410 g/mol. The minimum absolute atomic E-state index is 0.144. The average molecular weight is 410 g/mol. The van der Waals surface area contributed by atoms with E-state index < -0.39 is 34.9 Å². The summed E-state index contributed by atoms with van der Waals surface area (Å²) < 4.78 is 45.0. The Balaban J connectivity index is 1.88. The number of hydrazine groups is 1. The minimum atomic E-state index is -1.75. The Hall–Kier alpha value is -3.21. The van der Waals surface area contributed by atoms with Crippen molar-refractivity contribution in [1.82, 2.24) is 15.4 Å². The van der Waals surface area contributed by atoms with Gasteiger partial charge in [-0.15, -0.1) is 11.3 Å². The molecule has 0 bridgehead atoms. The summed E-state index contributed by atoms with van der Waals surface area (Å²) in [7, 11) is 0. The fourth-order valence-corrected chi connectivity index (χ4v) is 3.48. The molecule has 0 spiro atoms. The maximum atomic E-state index is 13.7. The molecule has 3 rings (SSSR count). The number of aryl methyl sites for hydroxylation is 1. The van der Waals surface area contributed by atoms with Gasteiger partial charge < -0.3 is 4.74 Å². The van der Waals surface area contributed by atoms with Crippen molar-refractivity contribution < 1.29 is 27.5 Å². The Morgan fingerprint density at radius 3 is 2.64 bits per heavy atom. The van der Waals surface area contributed by atoms with Gasteiger partial charge in [0.15, 0.2) is 23.3 Å². The van der Waals surface area contributed by atoms with Crippen molar-refractivity contribution in [2.45, 2.75) is 13.8 Å². The van der Waals surface area contributed by atoms with Gasteiger partial charge in [-0.3, -0.25) is 15.6 Å². The molecular weight excluding hydrogens is 397 g/mol. The van der Waals surface area contributed by atoms with Crippen molar-refractivity contribution in [2.75, 3.05) is 12.0 Å². The van der Waals surface area contributed by atoms with Crippen LogP contribution in [0.15, 0.2) is 18.5 Å². The number of carbonyl (C=O) groups is 2. The molecule has 2 heterocycles. The standard InChI is InChI=1S/C17H13F3N4O3S/c1-3-27-17(26)13-7(2)10-14(21-6-22-16(10)28-13)23-24-15(25)8-4-5-9(18)12(20)11(8)19/h4-6H,3H2,1-2H3,(H,24,25)(H,21,22,23). The third-order valence-corrected chi connectivity index (χ3v) is 4.94. The molecular formula is C17H13F3N4O3S. The first-order valence-corrected chi connectivity index (χ1v) is 8.77. The molecule has 0 aliphatic carbocycles. The number of rotatable bonds is 5. The SMILES string of the molecule is CCOC(=O)c1sc2ncnc(NNC(=O)c3ccc(F)c(F)c3F)c2c1C. The number of benzene rings is 1. The number of nitrogens with one attached hydrogen (secondary N) is 2. The zero-order valence-corrected chi connectivity index (χ0v) is 15.4. The van der Waals surface area contributed by atoms with Crippen molar-refractivity contribution in [1.29, 1.82) is 0 Å². The van der Waals surface area contributed by atoms with E-state index >= 15 is 0 Å². The molecule has 11 heteroatoms. The highest BCUT2D eigenvalue weighted by Gasteiger charge is 2.22. The predicted molar refractivity (Wildman–Crippen MR) is 95.5 cm³/mol. The molecule has 0 atom stereocenters. The van der Waals surface area contributed by atoms with Crippen LogP contribution in [0.3, 0.4) is 0 Å². The number of anilines is 1. The Morgan fingerprint density at radius 2 is 1.93 bits per heavy atom. The highest BCUT2D eigenvalue weighted by Crippen LogP contribution is 2.33. The second-order valence-electron chi connectivity index (χ2n) is 5.48. The van der Waals surface area contributed by atoms with Crippen LogP contribution in [0.1, 0.15) is 32.5 Å². The van der Waals surface area contributed by atoms with E-state index in [2.05, 4.69) is 20.8 Å². The van der Waals surface area contributed by atoms with Crippen molar-refractivity contribution in [3.8, 4) is 0 Å². The lowest BCUT2D eigenvalue weighted by Gasteiger charge is -2.10. The molecule has 0 unspecified atom stereocenters. The van der Waals surface area contributed by atoms with Crippen molar-refractivity contribution in [3.63, 3.8) is 0 Å². The van der Waals surface area contributed by atoms with Crippen LogP contribution in [0.5, 0.6) is 0 Å². The molecule has 0 aliphatic heterocycles. The van der Waals surface area contributed by atoms with Crippen molar-refractivity contribution >= 4 is 39.2 Å². The van der Waals surface area contributed by atoms with Gasteiger partial charge in [-0.1, -0.05) is 0 Å². The molecule has 2 N–H and O–H groups in total. The number of fused-ring (bicyclic) bond motifs is 1. The number of halogens is 3. The number of hydrogen-bond acceptors (Lipinski definition) is 7. The van der Waals surface area contributed by atoms with Gasteiger partial charge in [0.1, 0.15) is 16.0 Å². The molecule has 0 aliphatic rings. The Kier molecular flexibility index (Phi) is 5.45. The van der Waals surface area contributed by atoms with Gasteiger partial charge in [-0.05, 0) is 31.5 Å². The number of esters is 1.